The van der Waals surface area contributed by atoms with Crippen molar-refractivity contribution in [1.29, 1.82) is 0 Å². The summed E-state index contributed by atoms with van der Waals surface area (Å²) in [5.41, 5.74) is 3.76. The molecule has 4 rings (SSSR count). The van der Waals surface area contributed by atoms with Crippen LogP contribution in [0.2, 0.25) is 0 Å². The number of likely N-dealkylation sites (tertiary alicyclic amines) is 1. The first kappa shape index (κ1) is 15.8. The third-order valence-electron chi connectivity index (χ3n) is 4.90. The van der Waals surface area contributed by atoms with Crippen LogP contribution >= 0.6 is 0 Å². The molecule has 24 heavy (non-hydrogen) atoms. The number of piperidine rings is 1. The lowest BCUT2D eigenvalue weighted by molar-refractivity contribution is -0.0123. The highest BCUT2D eigenvalue weighted by Crippen LogP contribution is 2.18. The van der Waals surface area contributed by atoms with Gasteiger partial charge in [-0.15, -0.1) is 0 Å². The van der Waals surface area contributed by atoms with Gasteiger partial charge in [-0.25, -0.2) is 0 Å². The van der Waals surface area contributed by atoms with Crippen molar-refractivity contribution < 1.29 is 4.74 Å². The Balaban J connectivity index is 1.30. The van der Waals surface area contributed by atoms with Gasteiger partial charge in [0.1, 0.15) is 0 Å². The first-order valence-electron chi connectivity index (χ1n) is 9.01. The van der Waals surface area contributed by atoms with E-state index >= 15 is 0 Å². The zero-order valence-corrected chi connectivity index (χ0v) is 14.2. The van der Waals surface area contributed by atoms with E-state index in [4.69, 9.17) is 9.84 Å². The maximum atomic E-state index is 6.14. The SMILES string of the molecule is c1ccc(CO[C@H]2CCCN(Cc3cc4n(n3)CCNC4)C2)cc1. The Kier molecular flexibility index (Phi) is 4.92. The molecule has 2 aromatic rings. The van der Waals surface area contributed by atoms with E-state index in [2.05, 4.69) is 45.2 Å². The van der Waals surface area contributed by atoms with Gasteiger partial charge in [-0.2, -0.15) is 5.10 Å². The summed E-state index contributed by atoms with van der Waals surface area (Å²) >= 11 is 0. The highest BCUT2D eigenvalue weighted by atomic mass is 16.5. The molecule has 1 aromatic carbocycles. The van der Waals surface area contributed by atoms with Gasteiger partial charge in [0.25, 0.3) is 0 Å². The standard InChI is InChI=1S/C19H26N4O/c1-2-5-16(6-3-1)15-24-19-7-4-9-22(14-19)13-17-11-18-12-20-8-10-23(18)21-17/h1-3,5-6,11,19-20H,4,7-10,12-15H2/t19-/m0/s1. The molecule has 0 radical (unpaired) electrons. The van der Waals surface area contributed by atoms with Crippen molar-refractivity contribution in [3.8, 4) is 0 Å². The monoisotopic (exact) mass is 326 g/mol. The van der Waals surface area contributed by atoms with Gasteiger partial charge in [0.15, 0.2) is 0 Å². The minimum atomic E-state index is 0.331. The Bertz CT molecular complexity index is 631. The van der Waals surface area contributed by atoms with E-state index in [0.29, 0.717) is 12.7 Å². The van der Waals surface area contributed by atoms with Crippen LogP contribution in [0.1, 0.15) is 29.8 Å². The summed E-state index contributed by atoms with van der Waals surface area (Å²) in [5, 5.41) is 8.16. The number of rotatable bonds is 5. The summed E-state index contributed by atoms with van der Waals surface area (Å²) in [6, 6.07) is 12.7. The van der Waals surface area contributed by atoms with Gasteiger partial charge in [0, 0.05) is 26.2 Å². The third kappa shape index (κ3) is 3.86. The first-order chi connectivity index (χ1) is 11.9. The molecule has 5 nitrogen and oxygen atoms in total. The number of nitrogens with one attached hydrogen (secondary N) is 1. The van der Waals surface area contributed by atoms with Crippen LogP contribution in [-0.4, -0.2) is 40.4 Å². The molecule has 0 amide bonds. The van der Waals surface area contributed by atoms with Crippen LogP contribution in [0.3, 0.4) is 0 Å². The van der Waals surface area contributed by atoms with Gasteiger partial charge in [-0.05, 0) is 31.0 Å². The highest BCUT2D eigenvalue weighted by molar-refractivity contribution is 5.14. The molecule has 0 bridgehead atoms. The normalized spacial score (nSPS) is 21.6. The van der Waals surface area contributed by atoms with Crippen LogP contribution in [0.4, 0.5) is 0 Å². The molecule has 1 atom stereocenters. The van der Waals surface area contributed by atoms with E-state index in [9.17, 15) is 0 Å². The fraction of sp³-hybridized carbons (Fsp3) is 0.526. The number of aromatic nitrogens is 2. The highest BCUT2D eigenvalue weighted by Gasteiger charge is 2.22. The number of hydrogen-bond donors (Lipinski definition) is 1. The first-order valence-corrected chi connectivity index (χ1v) is 9.01. The third-order valence-corrected chi connectivity index (χ3v) is 4.90. The van der Waals surface area contributed by atoms with Crippen molar-refractivity contribution in [1.82, 2.24) is 20.0 Å². The Morgan fingerprint density at radius 3 is 3.00 bits per heavy atom. The van der Waals surface area contributed by atoms with Crippen molar-refractivity contribution in [2.24, 2.45) is 0 Å². The fourth-order valence-electron chi connectivity index (χ4n) is 3.64. The lowest BCUT2D eigenvalue weighted by Crippen LogP contribution is -2.39. The zero-order valence-electron chi connectivity index (χ0n) is 14.2. The van der Waals surface area contributed by atoms with Crippen LogP contribution in [0.25, 0.3) is 0 Å². The van der Waals surface area contributed by atoms with E-state index in [0.717, 1.165) is 45.7 Å². The molecule has 0 saturated carbocycles. The molecule has 2 aliphatic heterocycles. The average Bonchev–Trinajstić information content (AvgIpc) is 3.03. The molecule has 2 aliphatic rings. The molecule has 0 unspecified atom stereocenters. The molecule has 1 fully saturated rings. The maximum Gasteiger partial charge on any atom is 0.0768 e. The summed E-state index contributed by atoms with van der Waals surface area (Å²) in [7, 11) is 0. The summed E-state index contributed by atoms with van der Waals surface area (Å²) in [5.74, 6) is 0. The van der Waals surface area contributed by atoms with Crippen LogP contribution in [0, 0.1) is 0 Å². The molecule has 1 saturated heterocycles. The average molecular weight is 326 g/mol. The zero-order chi connectivity index (χ0) is 16.2. The Hall–Kier alpha value is -1.69. The molecule has 1 aromatic heterocycles. The van der Waals surface area contributed by atoms with Gasteiger partial charge in [0.05, 0.1) is 30.6 Å². The predicted molar refractivity (Wildman–Crippen MR) is 93.5 cm³/mol. The number of fused-ring (bicyclic) bond motifs is 1. The van der Waals surface area contributed by atoms with Crippen molar-refractivity contribution >= 4 is 0 Å². The fourth-order valence-corrected chi connectivity index (χ4v) is 3.64. The number of hydrogen-bond acceptors (Lipinski definition) is 4. The van der Waals surface area contributed by atoms with E-state index in [1.807, 2.05) is 6.07 Å². The number of ether oxygens (including phenoxy) is 1. The topological polar surface area (TPSA) is 42.3 Å². The number of benzene rings is 1. The van der Waals surface area contributed by atoms with Gasteiger partial charge in [-0.1, -0.05) is 30.3 Å². The van der Waals surface area contributed by atoms with Crippen molar-refractivity contribution in [2.45, 2.75) is 45.2 Å². The predicted octanol–water partition coefficient (Wildman–Crippen LogP) is 2.17. The quantitative estimate of drug-likeness (QED) is 0.914. The lowest BCUT2D eigenvalue weighted by Gasteiger charge is -2.32. The molecule has 3 heterocycles. The molecular formula is C19H26N4O. The van der Waals surface area contributed by atoms with Gasteiger partial charge < -0.3 is 10.1 Å². The van der Waals surface area contributed by atoms with Crippen molar-refractivity contribution in [3.05, 3.63) is 53.3 Å². The molecule has 1 N–H and O–H groups in total. The second-order valence-electron chi connectivity index (χ2n) is 6.82. The lowest BCUT2D eigenvalue weighted by atomic mass is 10.1. The van der Waals surface area contributed by atoms with Gasteiger partial charge in [0.2, 0.25) is 0 Å². The van der Waals surface area contributed by atoms with Crippen LogP contribution in [0.5, 0.6) is 0 Å². The molecule has 0 aliphatic carbocycles. The minimum Gasteiger partial charge on any atom is -0.372 e. The maximum absolute atomic E-state index is 6.14. The summed E-state index contributed by atoms with van der Waals surface area (Å²) < 4.78 is 8.29. The summed E-state index contributed by atoms with van der Waals surface area (Å²) in [4.78, 5) is 2.49. The number of nitrogens with zero attached hydrogens (tertiary/aromatic N) is 3. The smallest absolute Gasteiger partial charge is 0.0768 e. The van der Waals surface area contributed by atoms with Crippen molar-refractivity contribution in [3.63, 3.8) is 0 Å². The Morgan fingerprint density at radius 2 is 2.12 bits per heavy atom. The van der Waals surface area contributed by atoms with E-state index < -0.39 is 0 Å². The van der Waals surface area contributed by atoms with Crippen LogP contribution < -0.4 is 5.32 Å². The Labute approximate surface area is 143 Å². The Morgan fingerprint density at radius 1 is 1.21 bits per heavy atom. The summed E-state index contributed by atoms with van der Waals surface area (Å²) in [6.45, 7) is 6.75. The van der Waals surface area contributed by atoms with Crippen LogP contribution in [0.15, 0.2) is 36.4 Å². The van der Waals surface area contributed by atoms with E-state index in [1.54, 1.807) is 0 Å². The summed E-state index contributed by atoms with van der Waals surface area (Å²) in [6.07, 6.45) is 2.69. The van der Waals surface area contributed by atoms with E-state index in [-0.39, 0.29) is 0 Å². The second kappa shape index (κ2) is 7.47. The van der Waals surface area contributed by atoms with E-state index in [1.165, 1.54) is 23.4 Å². The van der Waals surface area contributed by atoms with Gasteiger partial charge >= 0.3 is 0 Å². The minimum absolute atomic E-state index is 0.331. The largest absolute Gasteiger partial charge is 0.372 e. The molecular weight excluding hydrogens is 300 g/mol. The molecule has 0 spiro atoms. The molecule has 5 heteroatoms. The van der Waals surface area contributed by atoms with Crippen LogP contribution in [-0.2, 0) is 31.0 Å². The van der Waals surface area contributed by atoms with Crippen molar-refractivity contribution in [2.75, 3.05) is 19.6 Å². The second-order valence-corrected chi connectivity index (χ2v) is 6.82. The van der Waals surface area contributed by atoms with Gasteiger partial charge in [-0.3, -0.25) is 9.58 Å². The molecule has 128 valence electrons.